The molecule has 1 saturated carbocycles. The van der Waals surface area contributed by atoms with Crippen molar-refractivity contribution in [2.75, 3.05) is 16.8 Å². The Hall–Kier alpha value is -4.34. The van der Waals surface area contributed by atoms with Crippen LogP contribution in [0.4, 0.5) is 21.8 Å². The van der Waals surface area contributed by atoms with Gasteiger partial charge in [-0.1, -0.05) is 0 Å². The lowest BCUT2D eigenvalue weighted by molar-refractivity contribution is 0.474. The smallest absolute Gasteiger partial charge is 0.226 e. The number of nitrogens with zero attached hydrogens (tertiary/aromatic N) is 7. The average Bonchev–Trinajstić information content (AvgIpc) is 3.62. The van der Waals surface area contributed by atoms with Crippen molar-refractivity contribution in [3.05, 3.63) is 60.6 Å². The molecule has 9 nitrogen and oxygen atoms in total. The summed E-state index contributed by atoms with van der Waals surface area (Å²) in [5.74, 6) is 2.76. The van der Waals surface area contributed by atoms with Crippen LogP contribution in [0.15, 0.2) is 49.2 Å². The maximum absolute atomic E-state index is 14.6. The van der Waals surface area contributed by atoms with Crippen molar-refractivity contribution in [3.63, 3.8) is 0 Å². The molecule has 2 bridgehead atoms. The number of benzene rings is 2. The lowest BCUT2D eigenvalue weighted by atomic mass is 10.1. The lowest BCUT2D eigenvalue weighted by Gasteiger charge is -2.26. The van der Waals surface area contributed by atoms with Crippen molar-refractivity contribution in [1.82, 2.24) is 29.5 Å². The largest absolute Gasteiger partial charge is 0.457 e. The summed E-state index contributed by atoms with van der Waals surface area (Å²) < 4.78 is 22.2. The van der Waals surface area contributed by atoms with Gasteiger partial charge in [0.2, 0.25) is 5.95 Å². The number of ether oxygens (including phenoxy) is 1. The van der Waals surface area contributed by atoms with Gasteiger partial charge in [-0.15, -0.1) is 0 Å². The minimum absolute atomic E-state index is 0.373. The van der Waals surface area contributed by atoms with Crippen LogP contribution in [0.2, 0.25) is 0 Å². The number of aromatic nitrogens is 6. The number of hydrogen-bond acceptors (Lipinski definition) is 8. The molecule has 0 radical (unpaired) electrons. The predicted molar refractivity (Wildman–Crippen MR) is 139 cm³/mol. The van der Waals surface area contributed by atoms with Gasteiger partial charge in [0, 0.05) is 37.5 Å². The van der Waals surface area contributed by atoms with Gasteiger partial charge in [-0.05, 0) is 55.9 Å². The lowest BCUT2D eigenvalue weighted by Crippen LogP contribution is -2.33. The summed E-state index contributed by atoms with van der Waals surface area (Å²) in [6.07, 6.45) is 8.61. The Morgan fingerprint density at radius 3 is 2.78 bits per heavy atom. The van der Waals surface area contributed by atoms with Gasteiger partial charge in [0.15, 0.2) is 11.6 Å². The molecular formula is C27H25FN8O. The second-order valence-electron chi connectivity index (χ2n) is 9.95. The quantitative estimate of drug-likeness (QED) is 0.351. The maximum atomic E-state index is 14.6. The third kappa shape index (κ3) is 3.80. The van der Waals surface area contributed by atoms with Crippen LogP contribution in [0.25, 0.3) is 22.1 Å². The monoisotopic (exact) mass is 496 g/mol. The number of fused-ring (bicyclic) bond motifs is 4. The topological polar surface area (TPSA) is 93.9 Å². The molecule has 2 aliphatic rings. The molecule has 1 saturated heterocycles. The van der Waals surface area contributed by atoms with E-state index in [1.807, 2.05) is 25.1 Å². The maximum Gasteiger partial charge on any atom is 0.226 e. The molecule has 0 amide bonds. The number of anilines is 3. The second-order valence-corrected chi connectivity index (χ2v) is 9.95. The van der Waals surface area contributed by atoms with Gasteiger partial charge in [-0.2, -0.15) is 0 Å². The summed E-state index contributed by atoms with van der Waals surface area (Å²) in [5.41, 5.74) is 4.09. The minimum atomic E-state index is -0.373. The van der Waals surface area contributed by atoms with Gasteiger partial charge in [-0.25, -0.2) is 29.3 Å². The normalized spacial score (nSPS) is 18.7. The highest BCUT2D eigenvalue weighted by molar-refractivity contribution is 5.87. The van der Waals surface area contributed by atoms with Crippen molar-refractivity contribution in [2.24, 2.45) is 13.0 Å². The van der Waals surface area contributed by atoms with Crippen molar-refractivity contribution < 1.29 is 9.13 Å². The average molecular weight is 497 g/mol. The highest BCUT2D eigenvalue weighted by atomic mass is 19.1. The Labute approximate surface area is 212 Å². The molecule has 5 aromatic rings. The van der Waals surface area contributed by atoms with Crippen LogP contribution in [0.5, 0.6) is 11.5 Å². The number of imidazole rings is 1. The standard InChI is InChI=1S/C27H25FN8O/c1-15-7-17(4-6-23(15)37-19-9-20(28)25-21(10-19)32-14-35(25)2)33-26-24-22(30-13-31-26)11-29-27(34-24)36-12-16-3-5-18(36)8-16/h4,6-7,9-11,13-14,16,18H,3,5,8,12H2,1-2H3,(H,30,31,33)/t16-,18+/m1/s1. The molecule has 2 aromatic carbocycles. The van der Waals surface area contributed by atoms with Crippen LogP contribution in [-0.4, -0.2) is 42.1 Å². The van der Waals surface area contributed by atoms with Crippen molar-refractivity contribution in [2.45, 2.75) is 32.2 Å². The number of aryl methyl sites for hydroxylation is 2. The van der Waals surface area contributed by atoms with Gasteiger partial charge in [0.1, 0.15) is 34.4 Å². The summed E-state index contributed by atoms with van der Waals surface area (Å²) in [7, 11) is 1.76. The highest BCUT2D eigenvalue weighted by Gasteiger charge is 2.39. The van der Waals surface area contributed by atoms with E-state index in [0.29, 0.717) is 45.4 Å². The fraction of sp³-hybridized carbons (Fsp3) is 0.296. The Morgan fingerprint density at radius 1 is 1.05 bits per heavy atom. The molecule has 1 N–H and O–H groups in total. The zero-order valence-corrected chi connectivity index (χ0v) is 20.5. The zero-order chi connectivity index (χ0) is 25.1. The summed E-state index contributed by atoms with van der Waals surface area (Å²) >= 11 is 0. The number of hydrogen-bond donors (Lipinski definition) is 1. The number of rotatable bonds is 5. The molecule has 7 rings (SSSR count). The van der Waals surface area contributed by atoms with E-state index < -0.39 is 0 Å². The molecule has 0 unspecified atom stereocenters. The van der Waals surface area contributed by atoms with Crippen molar-refractivity contribution in [1.29, 1.82) is 0 Å². The molecule has 1 aliphatic carbocycles. The number of nitrogens with one attached hydrogen (secondary N) is 1. The van der Waals surface area contributed by atoms with Crippen LogP contribution >= 0.6 is 0 Å². The highest BCUT2D eigenvalue weighted by Crippen LogP contribution is 2.39. The Kier molecular flexibility index (Phi) is 4.95. The van der Waals surface area contributed by atoms with Crippen molar-refractivity contribution >= 4 is 39.5 Å². The number of piperidine rings is 1. The van der Waals surface area contributed by atoms with Gasteiger partial charge in [0.05, 0.1) is 18.0 Å². The van der Waals surface area contributed by atoms with Gasteiger partial charge >= 0.3 is 0 Å². The van der Waals surface area contributed by atoms with E-state index in [0.717, 1.165) is 29.7 Å². The first-order valence-electron chi connectivity index (χ1n) is 12.4. The third-order valence-corrected chi connectivity index (χ3v) is 7.44. The minimum Gasteiger partial charge on any atom is -0.457 e. The van der Waals surface area contributed by atoms with Crippen LogP contribution in [-0.2, 0) is 7.05 Å². The molecule has 0 spiro atoms. The molecule has 2 atom stereocenters. The second kappa shape index (κ2) is 8.36. The first-order valence-corrected chi connectivity index (χ1v) is 12.4. The van der Waals surface area contributed by atoms with E-state index in [-0.39, 0.29) is 5.82 Å². The third-order valence-electron chi connectivity index (χ3n) is 7.44. The summed E-state index contributed by atoms with van der Waals surface area (Å²) in [4.78, 5) is 24.8. The van der Waals surface area contributed by atoms with E-state index in [2.05, 4.69) is 30.2 Å². The van der Waals surface area contributed by atoms with E-state index in [4.69, 9.17) is 9.72 Å². The molecular weight excluding hydrogens is 471 g/mol. The fourth-order valence-corrected chi connectivity index (χ4v) is 5.62. The first-order chi connectivity index (χ1) is 18.0. The van der Waals surface area contributed by atoms with E-state index in [1.54, 1.807) is 30.2 Å². The van der Waals surface area contributed by atoms with E-state index >= 15 is 0 Å². The van der Waals surface area contributed by atoms with Crippen LogP contribution < -0.4 is 15.0 Å². The molecule has 10 heteroatoms. The fourth-order valence-electron chi connectivity index (χ4n) is 5.62. The molecule has 2 fully saturated rings. The molecule has 1 aliphatic heterocycles. The molecule has 37 heavy (non-hydrogen) atoms. The molecule has 4 heterocycles. The molecule has 3 aromatic heterocycles. The predicted octanol–water partition coefficient (Wildman–Crippen LogP) is 5.28. The van der Waals surface area contributed by atoms with Gasteiger partial charge in [0.25, 0.3) is 0 Å². The van der Waals surface area contributed by atoms with E-state index in [9.17, 15) is 4.39 Å². The number of halogens is 1. The zero-order valence-electron chi connectivity index (χ0n) is 20.5. The SMILES string of the molecule is Cc1cc(Nc2ncnc3cnc(N4C[C@@H]5CC[C@H]4C5)nc23)ccc1Oc1cc(F)c2c(c1)ncn2C. The van der Waals surface area contributed by atoms with Gasteiger partial charge in [-0.3, -0.25) is 0 Å². The van der Waals surface area contributed by atoms with Crippen molar-refractivity contribution in [3.8, 4) is 11.5 Å². The van der Waals surface area contributed by atoms with Crippen LogP contribution in [0, 0.1) is 18.7 Å². The Morgan fingerprint density at radius 2 is 1.97 bits per heavy atom. The van der Waals surface area contributed by atoms with Crippen LogP contribution in [0.1, 0.15) is 24.8 Å². The molecule has 186 valence electrons. The Bertz CT molecular complexity index is 1670. The first kappa shape index (κ1) is 21.9. The van der Waals surface area contributed by atoms with E-state index in [1.165, 1.54) is 31.7 Å². The van der Waals surface area contributed by atoms with Gasteiger partial charge < -0.3 is 19.5 Å². The van der Waals surface area contributed by atoms with Crippen LogP contribution in [0.3, 0.4) is 0 Å². The Balaban J connectivity index is 1.15. The summed E-state index contributed by atoms with van der Waals surface area (Å²) in [6, 6.07) is 9.36. The summed E-state index contributed by atoms with van der Waals surface area (Å²) in [6.45, 7) is 2.96. The summed E-state index contributed by atoms with van der Waals surface area (Å²) in [5, 5.41) is 3.38.